The Morgan fingerprint density at radius 2 is 1.88 bits per heavy atom. The van der Waals surface area contributed by atoms with Crippen LogP contribution >= 0.6 is 23.2 Å². The number of hydrogen-bond acceptors (Lipinski definition) is 4. The second-order valence-electron chi connectivity index (χ2n) is 5.50. The minimum absolute atomic E-state index is 0.0893. The summed E-state index contributed by atoms with van der Waals surface area (Å²) in [7, 11) is 1.88. The minimum atomic E-state index is -0.0893. The highest BCUT2D eigenvalue weighted by Crippen LogP contribution is 2.34. The van der Waals surface area contributed by atoms with Gasteiger partial charge in [-0.2, -0.15) is 0 Å². The van der Waals surface area contributed by atoms with Gasteiger partial charge in [-0.15, -0.1) is 0 Å². The number of nitrogens with one attached hydrogen (secondary N) is 2. The fraction of sp³-hybridized carbons (Fsp3) is 0.278. The number of benzene rings is 2. The molecule has 0 aliphatic rings. The quantitative estimate of drug-likeness (QED) is 0.483. The molecule has 0 saturated carbocycles. The summed E-state index contributed by atoms with van der Waals surface area (Å²) in [5.74, 6) is 0.311. The first-order valence-electron chi connectivity index (χ1n) is 7.90. The van der Waals surface area contributed by atoms with E-state index in [4.69, 9.17) is 33.7 Å². The van der Waals surface area contributed by atoms with Gasteiger partial charge in [0.1, 0.15) is 6.61 Å². The summed E-state index contributed by atoms with van der Waals surface area (Å²) < 4.78 is 5.68. The van der Waals surface area contributed by atoms with Gasteiger partial charge in [-0.05, 0) is 49.8 Å². The number of carbonyl (C=O) groups excluding carboxylic acids is 1. The van der Waals surface area contributed by atoms with Crippen molar-refractivity contribution in [2.75, 3.05) is 25.9 Å². The zero-order chi connectivity index (χ0) is 18.2. The number of carbonyl (C=O) groups is 1. The topological polar surface area (TPSA) is 76.4 Å². The van der Waals surface area contributed by atoms with Crippen molar-refractivity contribution >= 4 is 34.8 Å². The zero-order valence-electron chi connectivity index (χ0n) is 13.9. The lowest BCUT2D eigenvalue weighted by Crippen LogP contribution is -2.26. The van der Waals surface area contributed by atoms with Crippen LogP contribution in [0.15, 0.2) is 36.4 Å². The summed E-state index contributed by atoms with van der Waals surface area (Å²) in [5, 5.41) is 6.73. The maximum absolute atomic E-state index is 12.0. The third-order valence-corrected chi connectivity index (χ3v) is 4.02. The molecule has 0 spiro atoms. The Balaban J connectivity index is 1.91. The molecule has 0 radical (unpaired) electrons. The Hall–Kier alpha value is -1.95. The van der Waals surface area contributed by atoms with Crippen LogP contribution in [0.4, 0.5) is 5.69 Å². The Morgan fingerprint density at radius 3 is 2.52 bits per heavy atom. The monoisotopic (exact) mass is 381 g/mol. The molecule has 1 amide bonds. The summed E-state index contributed by atoms with van der Waals surface area (Å²) in [6.45, 7) is 1.79. The zero-order valence-corrected chi connectivity index (χ0v) is 15.5. The fourth-order valence-corrected chi connectivity index (χ4v) is 2.77. The summed E-state index contributed by atoms with van der Waals surface area (Å²) in [5.41, 5.74) is 7.76. The highest BCUT2D eigenvalue weighted by Gasteiger charge is 2.09. The summed E-state index contributed by atoms with van der Waals surface area (Å²) in [6, 6.07) is 10.4. The number of nitrogen functional groups attached to an aromatic ring is 1. The SMILES string of the molecule is CNCCCNC(=O)c1ccc(COc2c(N)cc(Cl)cc2Cl)cc1. The van der Waals surface area contributed by atoms with E-state index in [1.165, 1.54) is 0 Å². The lowest BCUT2D eigenvalue weighted by Gasteiger charge is -2.11. The van der Waals surface area contributed by atoms with Crippen LogP contribution in [0, 0.1) is 0 Å². The van der Waals surface area contributed by atoms with E-state index in [0.29, 0.717) is 33.6 Å². The third kappa shape index (κ3) is 5.81. The standard InChI is InChI=1S/C18H21Cl2N3O2/c1-22-7-2-8-23-18(24)13-5-3-12(4-6-13)11-25-17-15(20)9-14(19)10-16(17)21/h3-6,9-10,22H,2,7-8,11,21H2,1H3,(H,23,24). The van der Waals surface area contributed by atoms with Gasteiger partial charge < -0.3 is 21.1 Å². The molecular weight excluding hydrogens is 361 g/mol. The van der Waals surface area contributed by atoms with Crippen LogP contribution < -0.4 is 21.1 Å². The highest BCUT2D eigenvalue weighted by molar-refractivity contribution is 6.36. The van der Waals surface area contributed by atoms with Crippen molar-refractivity contribution in [3.8, 4) is 5.75 Å². The van der Waals surface area contributed by atoms with E-state index >= 15 is 0 Å². The van der Waals surface area contributed by atoms with Gasteiger partial charge in [0.2, 0.25) is 0 Å². The van der Waals surface area contributed by atoms with Crippen molar-refractivity contribution in [2.45, 2.75) is 13.0 Å². The Morgan fingerprint density at radius 1 is 1.16 bits per heavy atom. The molecular formula is C18H21Cl2N3O2. The van der Waals surface area contributed by atoms with E-state index in [1.807, 2.05) is 19.2 Å². The molecule has 134 valence electrons. The average molecular weight is 382 g/mol. The van der Waals surface area contributed by atoms with Crippen LogP contribution in [0.2, 0.25) is 10.0 Å². The van der Waals surface area contributed by atoms with Gasteiger partial charge in [0.25, 0.3) is 5.91 Å². The lowest BCUT2D eigenvalue weighted by molar-refractivity contribution is 0.0953. The van der Waals surface area contributed by atoms with E-state index in [-0.39, 0.29) is 12.5 Å². The van der Waals surface area contributed by atoms with Crippen LogP contribution in [0.1, 0.15) is 22.3 Å². The number of halogens is 2. The third-order valence-electron chi connectivity index (χ3n) is 3.53. The molecule has 0 unspecified atom stereocenters. The summed E-state index contributed by atoms with van der Waals surface area (Å²) >= 11 is 12.0. The van der Waals surface area contributed by atoms with E-state index in [2.05, 4.69) is 10.6 Å². The fourth-order valence-electron chi connectivity index (χ4n) is 2.21. The van der Waals surface area contributed by atoms with E-state index in [0.717, 1.165) is 18.5 Å². The molecule has 4 N–H and O–H groups in total. The number of nitrogens with two attached hydrogens (primary N) is 1. The molecule has 0 aliphatic heterocycles. The van der Waals surface area contributed by atoms with Gasteiger partial charge in [-0.1, -0.05) is 35.3 Å². The van der Waals surface area contributed by atoms with Gasteiger partial charge in [0.15, 0.2) is 5.75 Å². The number of anilines is 1. The van der Waals surface area contributed by atoms with Crippen LogP contribution in [0.3, 0.4) is 0 Å². The number of amides is 1. The van der Waals surface area contributed by atoms with Crippen LogP contribution in [-0.2, 0) is 6.61 Å². The molecule has 0 aliphatic carbocycles. The van der Waals surface area contributed by atoms with Crippen molar-refractivity contribution in [1.29, 1.82) is 0 Å². The van der Waals surface area contributed by atoms with Gasteiger partial charge >= 0.3 is 0 Å². The molecule has 7 heteroatoms. The first-order chi connectivity index (χ1) is 12.0. The number of ether oxygens (including phenoxy) is 1. The molecule has 25 heavy (non-hydrogen) atoms. The van der Waals surface area contributed by atoms with E-state index in [9.17, 15) is 4.79 Å². The summed E-state index contributed by atoms with van der Waals surface area (Å²) in [6.07, 6.45) is 0.886. The Kier molecular flexibility index (Phi) is 7.37. The summed E-state index contributed by atoms with van der Waals surface area (Å²) in [4.78, 5) is 12.0. The van der Waals surface area contributed by atoms with Crippen molar-refractivity contribution in [2.24, 2.45) is 0 Å². The molecule has 2 rings (SSSR count). The molecule has 2 aromatic rings. The molecule has 0 bridgehead atoms. The smallest absolute Gasteiger partial charge is 0.251 e. The molecule has 0 fully saturated rings. The molecule has 0 saturated heterocycles. The average Bonchev–Trinajstić information content (AvgIpc) is 2.58. The number of hydrogen-bond donors (Lipinski definition) is 3. The van der Waals surface area contributed by atoms with Crippen LogP contribution in [0.25, 0.3) is 0 Å². The molecule has 2 aromatic carbocycles. The molecule has 0 heterocycles. The normalized spacial score (nSPS) is 10.5. The maximum atomic E-state index is 12.0. The van der Waals surface area contributed by atoms with Crippen molar-refractivity contribution in [3.63, 3.8) is 0 Å². The largest absolute Gasteiger partial charge is 0.485 e. The lowest BCUT2D eigenvalue weighted by atomic mass is 10.1. The predicted molar refractivity (Wildman–Crippen MR) is 103 cm³/mol. The van der Waals surface area contributed by atoms with Crippen molar-refractivity contribution < 1.29 is 9.53 Å². The van der Waals surface area contributed by atoms with Crippen molar-refractivity contribution in [1.82, 2.24) is 10.6 Å². The Labute approximate surface area is 157 Å². The first-order valence-corrected chi connectivity index (χ1v) is 8.66. The predicted octanol–water partition coefficient (Wildman–Crippen LogP) is 3.49. The second-order valence-corrected chi connectivity index (χ2v) is 6.35. The maximum Gasteiger partial charge on any atom is 0.251 e. The van der Waals surface area contributed by atoms with Gasteiger partial charge in [0, 0.05) is 17.1 Å². The number of rotatable bonds is 8. The van der Waals surface area contributed by atoms with Gasteiger partial charge in [-0.25, -0.2) is 0 Å². The van der Waals surface area contributed by atoms with Crippen LogP contribution in [-0.4, -0.2) is 26.0 Å². The van der Waals surface area contributed by atoms with Crippen LogP contribution in [0.5, 0.6) is 5.75 Å². The molecule has 0 aromatic heterocycles. The minimum Gasteiger partial charge on any atom is -0.485 e. The highest BCUT2D eigenvalue weighted by atomic mass is 35.5. The Bertz CT molecular complexity index is 698. The van der Waals surface area contributed by atoms with Gasteiger partial charge in [0.05, 0.1) is 10.7 Å². The molecule has 5 nitrogen and oxygen atoms in total. The van der Waals surface area contributed by atoms with Crippen molar-refractivity contribution in [3.05, 3.63) is 57.6 Å². The first kappa shape index (κ1) is 19.4. The second kappa shape index (κ2) is 9.51. The van der Waals surface area contributed by atoms with E-state index in [1.54, 1.807) is 24.3 Å². The van der Waals surface area contributed by atoms with Gasteiger partial charge in [-0.3, -0.25) is 4.79 Å². The van der Waals surface area contributed by atoms with E-state index < -0.39 is 0 Å². The molecule has 0 atom stereocenters.